The van der Waals surface area contributed by atoms with Crippen LogP contribution in [0.3, 0.4) is 0 Å². The summed E-state index contributed by atoms with van der Waals surface area (Å²) in [5.74, 6) is -0.259. The van der Waals surface area contributed by atoms with Gasteiger partial charge >= 0.3 is 0 Å². The summed E-state index contributed by atoms with van der Waals surface area (Å²) in [4.78, 5) is 15.0. The first-order chi connectivity index (χ1) is 14.7. The second-order valence-corrected chi connectivity index (χ2v) is 10.4. The molecule has 2 heterocycles. The maximum Gasteiger partial charge on any atom is 0.242 e. The zero-order valence-electron chi connectivity index (χ0n) is 17.5. The molecule has 6 nitrogen and oxygen atoms in total. The fourth-order valence-electron chi connectivity index (χ4n) is 4.12. The Hall–Kier alpha value is -2.35. The second kappa shape index (κ2) is 8.65. The van der Waals surface area contributed by atoms with E-state index in [1.54, 1.807) is 52.1 Å². The van der Waals surface area contributed by atoms with E-state index in [4.69, 9.17) is 16.3 Å². The van der Waals surface area contributed by atoms with Crippen molar-refractivity contribution in [3.8, 4) is 0 Å². The van der Waals surface area contributed by atoms with Crippen molar-refractivity contribution in [3.63, 3.8) is 0 Å². The third-order valence-corrected chi connectivity index (χ3v) is 7.52. The van der Waals surface area contributed by atoms with Gasteiger partial charge in [-0.2, -0.15) is 0 Å². The predicted octanol–water partition coefficient (Wildman–Crippen LogP) is 3.90. The average Bonchev–Trinajstić information content (AvgIpc) is 3.08. The summed E-state index contributed by atoms with van der Waals surface area (Å²) in [5.41, 5.74) is 1.26. The van der Waals surface area contributed by atoms with Crippen LogP contribution in [0.2, 0.25) is 5.02 Å². The van der Waals surface area contributed by atoms with Crippen LogP contribution in [0.15, 0.2) is 59.6 Å². The molecule has 31 heavy (non-hydrogen) atoms. The first-order valence-corrected chi connectivity index (χ1v) is 12.2. The number of nitrogens with zero attached hydrogens (tertiary/aromatic N) is 2. The Morgan fingerprint density at radius 3 is 2.42 bits per heavy atom. The summed E-state index contributed by atoms with van der Waals surface area (Å²) >= 11 is 6.19. The zero-order valence-corrected chi connectivity index (χ0v) is 19.1. The molecule has 0 unspecified atom stereocenters. The Morgan fingerprint density at radius 2 is 1.71 bits per heavy atom. The van der Waals surface area contributed by atoms with E-state index < -0.39 is 9.84 Å². The Kier molecular flexibility index (Phi) is 6.10. The highest BCUT2D eigenvalue weighted by Crippen LogP contribution is 2.29. The molecule has 0 bridgehead atoms. The molecule has 8 heteroatoms. The molecule has 0 spiro atoms. The summed E-state index contributed by atoms with van der Waals surface area (Å²) in [6, 6.07) is 14.2. The van der Waals surface area contributed by atoms with Crippen LogP contribution in [0.1, 0.15) is 19.4 Å². The van der Waals surface area contributed by atoms with Crippen molar-refractivity contribution < 1.29 is 17.9 Å². The van der Waals surface area contributed by atoms with Gasteiger partial charge in [0.15, 0.2) is 9.84 Å². The van der Waals surface area contributed by atoms with Gasteiger partial charge in [0.25, 0.3) is 0 Å². The normalized spacial score (nSPS) is 19.6. The Balaban J connectivity index is 1.66. The van der Waals surface area contributed by atoms with Gasteiger partial charge in [-0.3, -0.25) is 4.79 Å². The highest BCUT2D eigenvalue weighted by atomic mass is 35.5. The number of para-hydroxylation sites is 1. The third-order valence-electron chi connectivity index (χ3n) is 5.47. The molecular weight excluding hydrogens is 436 g/mol. The number of carbonyl (C=O) groups is 1. The number of amides is 1. The molecule has 1 aromatic heterocycles. The zero-order chi connectivity index (χ0) is 22.2. The van der Waals surface area contributed by atoms with Crippen molar-refractivity contribution >= 4 is 38.2 Å². The number of carbonyl (C=O) groups excluding carboxylic acids is 1. The third kappa shape index (κ3) is 4.63. The SMILES string of the molecule is C[C@@H]1CN(C(=O)Cn2cc(S(=O)(=O)Cc3ccccc3Cl)c3ccccc32)C[C@H](C)O1. The molecule has 164 valence electrons. The number of halogens is 1. The number of hydrogen-bond donors (Lipinski definition) is 0. The molecule has 3 aromatic rings. The molecule has 1 amide bonds. The summed E-state index contributed by atoms with van der Waals surface area (Å²) < 4.78 is 34.0. The number of benzene rings is 2. The summed E-state index contributed by atoms with van der Waals surface area (Å²) in [6.45, 7) is 5.02. The fourth-order valence-corrected chi connectivity index (χ4v) is 6.01. The van der Waals surface area contributed by atoms with E-state index in [0.29, 0.717) is 34.6 Å². The van der Waals surface area contributed by atoms with E-state index in [1.807, 2.05) is 26.0 Å². The van der Waals surface area contributed by atoms with Gasteiger partial charge in [0, 0.05) is 35.2 Å². The smallest absolute Gasteiger partial charge is 0.242 e. The number of morpholine rings is 1. The minimum absolute atomic E-state index is 0.0272. The second-order valence-electron chi connectivity index (χ2n) is 8.04. The summed E-state index contributed by atoms with van der Waals surface area (Å²) in [6.07, 6.45) is 1.52. The molecule has 0 saturated carbocycles. The van der Waals surface area contributed by atoms with Crippen LogP contribution in [0.4, 0.5) is 0 Å². The summed E-state index contributed by atoms with van der Waals surface area (Å²) in [5, 5.41) is 1.02. The van der Waals surface area contributed by atoms with Crippen molar-refractivity contribution in [1.82, 2.24) is 9.47 Å². The predicted molar refractivity (Wildman–Crippen MR) is 121 cm³/mol. The molecule has 0 N–H and O–H groups in total. The highest BCUT2D eigenvalue weighted by molar-refractivity contribution is 7.90. The van der Waals surface area contributed by atoms with Crippen LogP contribution in [0, 0.1) is 0 Å². The van der Waals surface area contributed by atoms with Gasteiger partial charge in [0.05, 0.1) is 22.9 Å². The van der Waals surface area contributed by atoms with Crippen molar-refractivity contribution in [2.24, 2.45) is 0 Å². The summed E-state index contributed by atoms with van der Waals surface area (Å²) in [7, 11) is -3.67. The quantitative estimate of drug-likeness (QED) is 0.579. The minimum atomic E-state index is -3.67. The lowest BCUT2D eigenvalue weighted by molar-refractivity contribution is -0.143. The highest BCUT2D eigenvalue weighted by Gasteiger charge is 2.27. The molecule has 0 aliphatic carbocycles. The largest absolute Gasteiger partial charge is 0.372 e. The van der Waals surface area contributed by atoms with Gasteiger partial charge in [0.1, 0.15) is 6.54 Å². The lowest BCUT2D eigenvalue weighted by Gasteiger charge is -2.35. The van der Waals surface area contributed by atoms with Gasteiger partial charge in [-0.25, -0.2) is 8.42 Å². The molecule has 0 radical (unpaired) electrons. The van der Waals surface area contributed by atoms with E-state index in [2.05, 4.69) is 0 Å². The van der Waals surface area contributed by atoms with Crippen LogP contribution in [0.25, 0.3) is 10.9 Å². The van der Waals surface area contributed by atoms with E-state index in [1.165, 1.54) is 0 Å². The Bertz CT molecular complexity index is 1210. The number of aromatic nitrogens is 1. The molecule has 4 rings (SSSR count). The van der Waals surface area contributed by atoms with Gasteiger partial charge < -0.3 is 14.2 Å². The Labute approximate surface area is 187 Å². The van der Waals surface area contributed by atoms with Gasteiger partial charge in [-0.15, -0.1) is 0 Å². The molecule has 1 aliphatic heterocycles. The van der Waals surface area contributed by atoms with E-state index in [0.717, 1.165) is 0 Å². The monoisotopic (exact) mass is 460 g/mol. The van der Waals surface area contributed by atoms with Gasteiger partial charge in [-0.1, -0.05) is 48.0 Å². The standard InChI is InChI=1S/C23H25ClN2O4S/c1-16-11-26(12-17(2)30-16)23(27)14-25-13-22(19-8-4-6-10-21(19)25)31(28,29)15-18-7-3-5-9-20(18)24/h3-10,13,16-17H,11-12,14-15H2,1-2H3/t16-,17+. The number of rotatable bonds is 5. The van der Waals surface area contributed by atoms with Gasteiger partial charge in [0.2, 0.25) is 5.91 Å². The first-order valence-electron chi connectivity index (χ1n) is 10.2. The van der Waals surface area contributed by atoms with E-state index in [9.17, 15) is 13.2 Å². The van der Waals surface area contributed by atoms with Crippen LogP contribution in [-0.2, 0) is 31.7 Å². The number of ether oxygens (including phenoxy) is 1. The molecular formula is C23H25ClN2O4S. The first kappa shape index (κ1) is 21.9. The van der Waals surface area contributed by atoms with Crippen molar-refractivity contribution in [2.45, 2.75) is 43.2 Å². The van der Waals surface area contributed by atoms with E-state index >= 15 is 0 Å². The average molecular weight is 461 g/mol. The molecule has 2 atom stereocenters. The van der Waals surface area contributed by atoms with Crippen molar-refractivity contribution in [3.05, 3.63) is 65.3 Å². The van der Waals surface area contributed by atoms with Crippen LogP contribution < -0.4 is 0 Å². The van der Waals surface area contributed by atoms with E-state index in [-0.39, 0.29) is 35.3 Å². The fraction of sp³-hybridized carbons (Fsp3) is 0.348. The molecule has 1 aliphatic rings. The van der Waals surface area contributed by atoms with Crippen molar-refractivity contribution in [1.29, 1.82) is 0 Å². The lowest BCUT2D eigenvalue weighted by Crippen LogP contribution is -2.49. The lowest BCUT2D eigenvalue weighted by atomic mass is 10.2. The maximum atomic E-state index is 13.3. The molecule has 2 aromatic carbocycles. The molecule has 1 fully saturated rings. The minimum Gasteiger partial charge on any atom is -0.372 e. The molecule has 1 saturated heterocycles. The topological polar surface area (TPSA) is 68.6 Å². The van der Waals surface area contributed by atoms with Crippen molar-refractivity contribution in [2.75, 3.05) is 13.1 Å². The van der Waals surface area contributed by atoms with Crippen LogP contribution in [0.5, 0.6) is 0 Å². The van der Waals surface area contributed by atoms with Crippen LogP contribution >= 0.6 is 11.6 Å². The number of fused-ring (bicyclic) bond motifs is 1. The number of sulfone groups is 1. The van der Waals surface area contributed by atoms with Crippen LogP contribution in [-0.4, -0.2) is 49.1 Å². The van der Waals surface area contributed by atoms with Gasteiger partial charge in [-0.05, 0) is 31.5 Å². The number of hydrogen-bond acceptors (Lipinski definition) is 4. The Morgan fingerprint density at radius 1 is 1.06 bits per heavy atom. The maximum absolute atomic E-state index is 13.3.